The zero-order chi connectivity index (χ0) is 11.8. The standard InChI is InChI=1S/C7H9.C5H5.2CH3.2ClH.H2Si.Zr/c1-2-7-5-3-4-6-7;1-2-4-5-3-1;;;;;;/h5-6H,2-3H2,1H3;1-3H,4H2;2*1H3;2*1H;1H2;. The maximum atomic E-state index is 2.59. The fourth-order valence-corrected chi connectivity index (χ4v) is 13.6. The summed E-state index contributed by atoms with van der Waals surface area (Å²) in [6.07, 6.45) is 15.5. The first-order valence-corrected chi connectivity index (χ1v) is 19.6. The average molecular weight is 383 g/mol. The van der Waals surface area contributed by atoms with Gasteiger partial charge in [0.15, 0.2) is 0 Å². The van der Waals surface area contributed by atoms with Gasteiger partial charge < -0.3 is 0 Å². The Bertz CT molecular complexity index is 504. The van der Waals surface area contributed by atoms with E-state index in [1.165, 1.54) is 19.3 Å². The summed E-state index contributed by atoms with van der Waals surface area (Å²) in [6, 6.07) is 0. The number of halogens is 2. The molecule has 0 aliphatic heterocycles. The Labute approximate surface area is 126 Å². The van der Waals surface area contributed by atoms with Crippen molar-refractivity contribution in [2.45, 2.75) is 35.4 Å². The molecular weight excluding hydrogens is 358 g/mol. The van der Waals surface area contributed by atoms with E-state index in [0.717, 1.165) is 0 Å². The van der Waals surface area contributed by atoms with Crippen LogP contribution in [0.2, 0.25) is 9.26 Å². The van der Waals surface area contributed by atoms with Crippen LogP contribution in [0.5, 0.6) is 0 Å². The van der Waals surface area contributed by atoms with E-state index in [1.807, 2.05) is 0 Å². The molecule has 0 heterocycles. The van der Waals surface area contributed by atoms with Crippen LogP contribution >= 0.6 is 24.8 Å². The predicted octanol–water partition coefficient (Wildman–Crippen LogP) is 4.63. The van der Waals surface area contributed by atoms with Crippen LogP contribution in [-0.2, 0) is 17.4 Å². The topological polar surface area (TPSA) is 0 Å². The Kier molecular flexibility index (Phi) is 6.62. The maximum absolute atomic E-state index is 2.69. The molecule has 18 heavy (non-hydrogen) atoms. The predicted molar refractivity (Wildman–Crippen MR) is 87.7 cm³/mol. The molecular formula is C14H24Cl2SiZr. The second kappa shape index (κ2) is 6.39. The number of hydrogen-bond acceptors (Lipinski definition) is 0. The molecule has 2 aliphatic carbocycles. The molecule has 0 aromatic rings. The van der Waals surface area contributed by atoms with E-state index in [-0.39, 0.29) is 24.8 Å². The van der Waals surface area contributed by atoms with Crippen LogP contribution in [0.15, 0.2) is 42.5 Å². The molecule has 2 rings (SSSR count). The van der Waals surface area contributed by atoms with Gasteiger partial charge in [-0.2, -0.15) is 0 Å². The van der Waals surface area contributed by atoms with Gasteiger partial charge in [0.2, 0.25) is 0 Å². The van der Waals surface area contributed by atoms with Crippen molar-refractivity contribution in [3.8, 4) is 0 Å². The summed E-state index contributed by atoms with van der Waals surface area (Å²) >= 11 is -2.69. The molecule has 0 spiro atoms. The SMILES string of the molecule is CCC1=CC[C]([Zr]([CH3])([CH3])(=[SiH2])[C]2=CC=CC2)=C1.Cl.Cl. The Morgan fingerprint density at radius 1 is 1.17 bits per heavy atom. The monoisotopic (exact) mass is 380 g/mol. The van der Waals surface area contributed by atoms with Gasteiger partial charge >= 0.3 is 102 Å². The molecule has 4 heteroatoms. The largest absolute Gasteiger partial charge is 0.147 e. The summed E-state index contributed by atoms with van der Waals surface area (Å²) in [5, 5.41) is 0. The second-order valence-corrected chi connectivity index (χ2v) is 34.9. The first-order chi connectivity index (χ1) is 7.42. The van der Waals surface area contributed by atoms with E-state index in [0.29, 0.717) is 0 Å². The number of hydrogen-bond donors (Lipinski definition) is 0. The minimum Gasteiger partial charge on any atom is -0.147 e. The third-order valence-corrected chi connectivity index (χ3v) is 21.4. The zero-order valence-electron chi connectivity index (χ0n) is 11.5. The van der Waals surface area contributed by atoms with Crippen molar-refractivity contribution in [2.75, 3.05) is 0 Å². The minimum absolute atomic E-state index is 0. The zero-order valence-corrected chi connectivity index (χ0v) is 17.0. The van der Waals surface area contributed by atoms with Gasteiger partial charge in [-0.05, 0) is 0 Å². The maximum Gasteiger partial charge on any atom is -0.147 e. The van der Waals surface area contributed by atoms with Crippen LogP contribution in [-0.4, -0.2) is 6.88 Å². The van der Waals surface area contributed by atoms with Crippen LogP contribution in [0.1, 0.15) is 26.2 Å². The summed E-state index contributed by atoms with van der Waals surface area (Å²) in [6.45, 7) is 4.60. The Morgan fingerprint density at radius 2 is 1.83 bits per heavy atom. The molecule has 0 fully saturated rings. The van der Waals surface area contributed by atoms with E-state index in [9.17, 15) is 0 Å². The molecule has 0 saturated heterocycles. The smallest absolute Gasteiger partial charge is 0.147 e. The average Bonchev–Trinajstić information content (AvgIpc) is 2.89. The molecule has 102 valence electrons. The molecule has 2 aliphatic rings. The Hall–Kier alpha value is 0.640. The van der Waals surface area contributed by atoms with E-state index in [2.05, 4.69) is 53.4 Å². The van der Waals surface area contributed by atoms with Crippen LogP contribution < -0.4 is 0 Å². The van der Waals surface area contributed by atoms with Crippen molar-refractivity contribution in [1.29, 1.82) is 0 Å². The fraction of sp³-hybridized carbons (Fsp3) is 0.429. The first kappa shape index (κ1) is 18.6. The Balaban J connectivity index is 0.00000144. The van der Waals surface area contributed by atoms with E-state index in [4.69, 9.17) is 0 Å². The second-order valence-electron chi connectivity index (χ2n) is 6.02. The number of rotatable bonds is 3. The first-order valence-electron chi connectivity index (χ1n) is 6.26. The summed E-state index contributed by atoms with van der Waals surface area (Å²) in [4.78, 5) is 0. The van der Waals surface area contributed by atoms with E-state index < -0.39 is 17.4 Å². The van der Waals surface area contributed by atoms with Gasteiger partial charge in [0.25, 0.3) is 0 Å². The van der Waals surface area contributed by atoms with E-state index in [1.54, 1.807) is 12.1 Å². The van der Waals surface area contributed by atoms with Gasteiger partial charge in [-0.15, -0.1) is 24.8 Å². The molecule has 0 aromatic carbocycles. The number of allylic oxidation sites excluding steroid dienone is 8. The summed E-state index contributed by atoms with van der Waals surface area (Å²) in [7, 11) is 0. The van der Waals surface area contributed by atoms with Gasteiger partial charge in [0.1, 0.15) is 0 Å². The fourth-order valence-electron chi connectivity index (χ4n) is 2.64. The van der Waals surface area contributed by atoms with Gasteiger partial charge in [0.05, 0.1) is 0 Å². The molecule has 0 nitrogen and oxygen atoms in total. The van der Waals surface area contributed by atoms with Crippen LogP contribution in [0.4, 0.5) is 0 Å². The third kappa shape index (κ3) is 3.39. The minimum atomic E-state index is -2.69. The summed E-state index contributed by atoms with van der Waals surface area (Å²) in [5.41, 5.74) is 1.55. The van der Waals surface area contributed by atoms with Crippen molar-refractivity contribution in [3.05, 3.63) is 42.5 Å². The van der Waals surface area contributed by atoms with Crippen molar-refractivity contribution in [3.63, 3.8) is 0 Å². The van der Waals surface area contributed by atoms with Gasteiger partial charge in [0, 0.05) is 0 Å². The van der Waals surface area contributed by atoms with Gasteiger partial charge in [-0.25, -0.2) is 0 Å². The van der Waals surface area contributed by atoms with E-state index >= 15 is 0 Å². The molecule has 0 radical (unpaired) electrons. The van der Waals surface area contributed by atoms with Crippen molar-refractivity contribution in [2.24, 2.45) is 0 Å². The normalized spacial score (nSPS) is 18.6. The van der Waals surface area contributed by atoms with Crippen LogP contribution in [0.25, 0.3) is 0 Å². The third-order valence-electron chi connectivity index (χ3n) is 4.18. The van der Waals surface area contributed by atoms with Crippen LogP contribution in [0.3, 0.4) is 0 Å². The van der Waals surface area contributed by atoms with Crippen molar-refractivity contribution < 1.29 is 17.4 Å². The quantitative estimate of drug-likeness (QED) is 0.624. The van der Waals surface area contributed by atoms with Gasteiger partial charge in [-0.1, -0.05) is 0 Å². The summed E-state index contributed by atoms with van der Waals surface area (Å²) < 4.78 is 8.73. The molecule has 0 aromatic heterocycles. The molecule has 0 atom stereocenters. The molecule has 0 N–H and O–H groups in total. The molecule has 0 amide bonds. The summed E-state index contributed by atoms with van der Waals surface area (Å²) in [5.74, 6) is 0. The van der Waals surface area contributed by atoms with Gasteiger partial charge in [-0.3, -0.25) is 0 Å². The molecule has 0 bridgehead atoms. The van der Waals surface area contributed by atoms with Crippen molar-refractivity contribution in [1.82, 2.24) is 0 Å². The van der Waals surface area contributed by atoms with Crippen LogP contribution in [0, 0.1) is 0 Å². The Morgan fingerprint density at radius 3 is 2.28 bits per heavy atom. The van der Waals surface area contributed by atoms with Crippen molar-refractivity contribution >= 4 is 31.7 Å². The molecule has 0 unspecified atom stereocenters. The molecule has 0 saturated carbocycles.